The molecule has 0 radical (unpaired) electrons. The number of benzene rings is 7. The first-order valence-electron chi connectivity index (χ1n) is 15.6. The summed E-state index contributed by atoms with van der Waals surface area (Å²) in [5.41, 5.74) is 10.3. The zero-order valence-corrected chi connectivity index (χ0v) is 25.0. The van der Waals surface area contributed by atoms with Gasteiger partial charge < -0.3 is 9.32 Å². The van der Waals surface area contributed by atoms with Crippen LogP contribution < -0.4 is 4.90 Å². The van der Waals surface area contributed by atoms with Gasteiger partial charge in [0.05, 0.1) is 11.4 Å². The van der Waals surface area contributed by atoms with Crippen molar-refractivity contribution in [3.05, 3.63) is 170 Å². The third kappa shape index (κ3) is 4.25. The topological polar surface area (TPSA) is 29.3 Å². The maximum absolute atomic E-state index is 6.83. The van der Waals surface area contributed by atoms with E-state index in [0.29, 0.717) is 0 Å². The van der Waals surface area contributed by atoms with Crippen LogP contribution in [0.2, 0.25) is 0 Å². The van der Waals surface area contributed by atoms with Crippen LogP contribution in [-0.4, -0.2) is 4.98 Å². The summed E-state index contributed by atoms with van der Waals surface area (Å²) in [4.78, 5) is 7.05. The van der Waals surface area contributed by atoms with Crippen LogP contribution in [0.5, 0.6) is 0 Å². The van der Waals surface area contributed by atoms with Gasteiger partial charge in [-0.2, -0.15) is 0 Å². The second-order valence-corrected chi connectivity index (χ2v) is 11.6. The first-order valence-corrected chi connectivity index (χ1v) is 15.6. The van der Waals surface area contributed by atoms with Gasteiger partial charge in [-0.25, -0.2) is 0 Å². The van der Waals surface area contributed by atoms with Gasteiger partial charge in [-0.15, -0.1) is 0 Å². The maximum Gasteiger partial charge on any atom is 0.161 e. The highest BCUT2D eigenvalue weighted by Crippen LogP contribution is 2.47. The lowest BCUT2D eigenvalue weighted by molar-refractivity contribution is 0.672. The molecule has 0 spiro atoms. The second kappa shape index (κ2) is 10.8. The van der Waals surface area contributed by atoms with Gasteiger partial charge in [0.25, 0.3) is 0 Å². The molecule has 0 aliphatic carbocycles. The molecule has 0 bridgehead atoms. The van der Waals surface area contributed by atoms with Gasteiger partial charge in [0, 0.05) is 33.6 Å². The van der Waals surface area contributed by atoms with Gasteiger partial charge in [0.2, 0.25) is 0 Å². The average molecular weight is 589 g/mol. The van der Waals surface area contributed by atoms with E-state index < -0.39 is 0 Å². The Balaban J connectivity index is 1.32. The van der Waals surface area contributed by atoms with E-state index in [1.807, 2.05) is 12.3 Å². The summed E-state index contributed by atoms with van der Waals surface area (Å²) in [6.45, 7) is 0. The highest BCUT2D eigenvalue weighted by molar-refractivity contribution is 6.17. The van der Waals surface area contributed by atoms with E-state index in [9.17, 15) is 0 Å². The molecule has 0 fully saturated rings. The molecular weight excluding hydrogens is 560 g/mol. The maximum atomic E-state index is 6.83. The Hall–Kier alpha value is -6.19. The summed E-state index contributed by atoms with van der Waals surface area (Å²) < 4.78 is 6.83. The molecule has 0 N–H and O–H groups in total. The Labute approximate surface area is 266 Å². The van der Waals surface area contributed by atoms with Crippen molar-refractivity contribution in [1.82, 2.24) is 4.98 Å². The number of para-hydroxylation sites is 2. The molecule has 3 heteroatoms. The molecule has 9 aromatic rings. The van der Waals surface area contributed by atoms with Crippen LogP contribution in [0.15, 0.2) is 174 Å². The number of furan rings is 1. The van der Waals surface area contributed by atoms with Crippen molar-refractivity contribution in [2.75, 3.05) is 4.90 Å². The molecule has 0 atom stereocenters. The monoisotopic (exact) mass is 588 g/mol. The lowest BCUT2D eigenvalue weighted by Gasteiger charge is -2.28. The fourth-order valence-corrected chi connectivity index (χ4v) is 6.75. The number of hydrogen-bond acceptors (Lipinski definition) is 3. The summed E-state index contributed by atoms with van der Waals surface area (Å²) in [7, 11) is 0. The van der Waals surface area contributed by atoms with Gasteiger partial charge in [-0.3, -0.25) is 4.98 Å². The van der Waals surface area contributed by atoms with Gasteiger partial charge in [0.1, 0.15) is 5.52 Å². The van der Waals surface area contributed by atoms with Crippen molar-refractivity contribution < 1.29 is 4.42 Å². The van der Waals surface area contributed by atoms with E-state index in [2.05, 4.69) is 163 Å². The number of aromatic nitrogens is 1. The molecule has 216 valence electrons. The van der Waals surface area contributed by atoms with Crippen LogP contribution in [0.1, 0.15) is 0 Å². The van der Waals surface area contributed by atoms with E-state index in [0.717, 1.165) is 55.5 Å². The van der Waals surface area contributed by atoms with Crippen LogP contribution in [0.25, 0.3) is 65.9 Å². The lowest BCUT2D eigenvalue weighted by Crippen LogP contribution is -2.11. The zero-order valence-electron chi connectivity index (χ0n) is 25.0. The van der Waals surface area contributed by atoms with Crippen molar-refractivity contribution in [3.63, 3.8) is 0 Å². The van der Waals surface area contributed by atoms with Crippen LogP contribution >= 0.6 is 0 Å². The SMILES string of the molecule is c1ccc(-c2ccc(N(c3ccccc3-c3cccc4ccccc34)c3cccc4c3oc3c4ccc4cccnc43)cc2)cc1. The zero-order chi connectivity index (χ0) is 30.5. The normalized spacial score (nSPS) is 11.5. The fourth-order valence-electron chi connectivity index (χ4n) is 6.75. The summed E-state index contributed by atoms with van der Waals surface area (Å²) in [5, 5.41) is 5.62. The molecule has 46 heavy (non-hydrogen) atoms. The van der Waals surface area contributed by atoms with Crippen LogP contribution in [0, 0.1) is 0 Å². The Kier molecular flexibility index (Phi) is 6.14. The highest BCUT2D eigenvalue weighted by atomic mass is 16.3. The molecule has 7 aromatic carbocycles. The Morgan fingerprint density at radius 3 is 1.98 bits per heavy atom. The van der Waals surface area contributed by atoms with Gasteiger partial charge in [-0.05, 0) is 63.9 Å². The summed E-state index contributed by atoms with van der Waals surface area (Å²) in [6.07, 6.45) is 1.83. The van der Waals surface area contributed by atoms with Crippen molar-refractivity contribution >= 4 is 60.7 Å². The predicted molar refractivity (Wildman–Crippen MR) is 192 cm³/mol. The number of rotatable bonds is 5. The van der Waals surface area contributed by atoms with E-state index in [1.54, 1.807) is 0 Å². The Morgan fingerprint density at radius 2 is 1.07 bits per heavy atom. The fraction of sp³-hybridized carbons (Fsp3) is 0. The minimum Gasteiger partial charge on any atom is -0.452 e. The highest BCUT2D eigenvalue weighted by Gasteiger charge is 2.23. The first kappa shape index (κ1) is 26.2. The molecule has 0 saturated carbocycles. The van der Waals surface area contributed by atoms with Crippen molar-refractivity contribution in [3.8, 4) is 22.3 Å². The number of pyridine rings is 1. The van der Waals surface area contributed by atoms with E-state index >= 15 is 0 Å². The van der Waals surface area contributed by atoms with E-state index in [-0.39, 0.29) is 0 Å². The molecule has 0 aliphatic heterocycles. The minimum atomic E-state index is 0.808. The second-order valence-electron chi connectivity index (χ2n) is 11.6. The van der Waals surface area contributed by atoms with Gasteiger partial charge in [0.15, 0.2) is 11.2 Å². The molecular formula is C43H28N2O. The molecule has 0 unspecified atom stereocenters. The molecule has 0 saturated heterocycles. The standard InChI is InChI=1S/C43H28N2O/c1-2-11-29(12-3-1)30-22-25-33(26-23-30)45(39-20-7-6-17-36(39)35-18-8-14-31-13-4-5-16-34(31)35)40-21-9-19-37-38-27-24-32-15-10-28-44-41(32)43(38)46-42(37)40/h1-28H. The average Bonchev–Trinajstić information content (AvgIpc) is 3.53. The third-order valence-corrected chi connectivity index (χ3v) is 8.92. The quantitative estimate of drug-likeness (QED) is 0.200. The largest absolute Gasteiger partial charge is 0.452 e. The summed E-state index contributed by atoms with van der Waals surface area (Å²) in [6, 6.07) is 57.9. The third-order valence-electron chi connectivity index (χ3n) is 8.92. The molecule has 0 amide bonds. The molecule has 2 heterocycles. The van der Waals surface area contributed by atoms with Gasteiger partial charge in [-0.1, -0.05) is 127 Å². The number of fused-ring (bicyclic) bond motifs is 6. The number of nitrogens with zero attached hydrogens (tertiary/aromatic N) is 2. The molecule has 9 rings (SSSR count). The number of hydrogen-bond donors (Lipinski definition) is 0. The summed E-state index contributed by atoms with van der Waals surface area (Å²) in [5.74, 6) is 0. The van der Waals surface area contributed by atoms with E-state index in [4.69, 9.17) is 9.40 Å². The first-order chi connectivity index (χ1) is 22.8. The minimum absolute atomic E-state index is 0.808. The Morgan fingerprint density at radius 1 is 0.413 bits per heavy atom. The van der Waals surface area contributed by atoms with Crippen molar-refractivity contribution in [2.24, 2.45) is 0 Å². The molecule has 3 nitrogen and oxygen atoms in total. The van der Waals surface area contributed by atoms with Crippen LogP contribution in [0.4, 0.5) is 17.1 Å². The number of anilines is 3. The summed E-state index contributed by atoms with van der Waals surface area (Å²) >= 11 is 0. The smallest absolute Gasteiger partial charge is 0.161 e. The van der Waals surface area contributed by atoms with E-state index in [1.165, 1.54) is 27.5 Å². The van der Waals surface area contributed by atoms with Crippen LogP contribution in [0.3, 0.4) is 0 Å². The molecule has 2 aromatic heterocycles. The van der Waals surface area contributed by atoms with Gasteiger partial charge >= 0.3 is 0 Å². The lowest BCUT2D eigenvalue weighted by atomic mass is 9.96. The molecule has 0 aliphatic rings. The van der Waals surface area contributed by atoms with Crippen LogP contribution in [-0.2, 0) is 0 Å². The van der Waals surface area contributed by atoms with Crippen molar-refractivity contribution in [2.45, 2.75) is 0 Å². The predicted octanol–water partition coefficient (Wildman–Crippen LogP) is 12.1. The Bertz CT molecular complexity index is 2530. The van der Waals surface area contributed by atoms with Crippen molar-refractivity contribution in [1.29, 1.82) is 0 Å².